The molecule has 2 rings (SSSR count). The summed E-state index contributed by atoms with van der Waals surface area (Å²) in [5.74, 6) is -0.992. The smallest absolute Gasteiger partial charge is 0.161 e. The minimum absolute atomic E-state index is 0.468. The summed E-state index contributed by atoms with van der Waals surface area (Å²) in [6.45, 7) is 15.3. The molecule has 24 heavy (non-hydrogen) atoms. The Labute approximate surface area is 147 Å². The third kappa shape index (κ3) is 3.59. The van der Waals surface area contributed by atoms with Crippen molar-refractivity contribution in [2.45, 2.75) is 34.6 Å². The van der Waals surface area contributed by atoms with Crippen molar-refractivity contribution in [3.05, 3.63) is 29.8 Å². The van der Waals surface area contributed by atoms with Gasteiger partial charge in [-0.1, -0.05) is 34.6 Å². The van der Waals surface area contributed by atoms with Crippen molar-refractivity contribution in [3.63, 3.8) is 0 Å². The van der Waals surface area contributed by atoms with Gasteiger partial charge >= 0.3 is 0 Å². The first kappa shape index (κ1) is 19.9. The molecule has 4 nitrogen and oxygen atoms in total. The monoisotopic (exact) mass is 376 g/mol. The van der Waals surface area contributed by atoms with Crippen LogP contribution < -0.4 is 4.44 Å². The summed E-state index contributed by atoms with van der Waals surface area (Å²) >= 11 is 0. The van der Waals surface area contributed by atoms with Gasteiger partial charge in [0.15, 0.2) is 16.7 Å². The Kier molecular flexibility index (Phi) is 7.33. The quantitative estimate of drug-likeness (QED) is 0.575. The number of hydrogen-bond acceptors (Lipinski definition) is 4. The summed E-state index contributed by atoms with van der Waals surface area (Å²) in [7, 11) is -1.50. The maximum atomic E-state index is 14.5. The molecule has 8 heteroatoms. The Balaban J connectivity index is 2.45. The Morgan fingerprint density at radius 2 is 1.38 bits per heavy atom. The number of halogens is 2. The van der Waals surface area contributed by atoms with E-state index in [1.165, 1.54) is 6.07 Å². The molecule has 0 aromatic heterocycles. The molecule has 0 N–H and O–H groups in total. The van der Waals surface area contributed by atoms with Gasteiger partial charge in [-0.05, 0) is 12.1 Å². The van der Waals surface area contributed by atoms with Gasteiger partial charge in [0.1, 0.15) is 11.6 Å². The molecule has 136 valence electrons. The van der Waals surface area contributed by atoms with Gasteiger partial charge in [0, 0.05) is 38.8 Å². The fraction of sp³-hybridized carbons (Fsp3) is 0.625. The van der Waals surface area contributed by atoms with Crippen LogP contribution >= 0.6 is 16.7 Å². The molecule has 2 unspecified atom stereocenters. The molecule has 1 saturated heterocycles. The van der Waals surface area contributed by atoms with Crippen LogP contribution in [0.4, 0.5) is 14.5 Å². The first-order chi connectivity index (χ1) is 11.5. The Morgan fingerprint density at radius 1 is 0.875 bits per heavy atom. The van der Waals surface area contributed by atoms with Crippen molar-refractivity contribution in [1.82, 2.24) is 13.8 Å². The zero-order chi connectivity index (χ0) is 17.9. The number of rotatable bonds is 8. The Hall–Kier alpha value is -0.380. The summed E-state index contributed by atoms with van der Waals surface area (Å²) in [6.07, 6.45) is 0. The average Bonchev–Trinajstić information content (AvgIpc) is 2.57. The van der Waals surface area contributed by atoms with E-state index in [1.807, 2.05) is 0 Å². The molecule has 0 bridgehead atoms. The number of anilines is 1. The normalized spacial score (nSPS) is 21.6. The van der Waals surface area contributed by atoms with Crippen molar-refractivity contribution < 1.29 is 8.78 Å². The highest BCUT2D eigenvalue weighted by atomic mass is 31.3. The lowest BCUT2D eigenvalue weighted by molar-refractivity contribution is 0.435. The summed E-state index contributed by atoms with van der Waals surface area (Å²) < 4.78 is 37.4. The van der Waals surface area contributed by atoms with Gasteiger partial charge in [-0.25, -0.2) is 8.78 Å². The molecule has 0 aliphatic carbocycles. The molecule has 1 aromatic rings. The van der Waals surface area contributed by atoms with E-state index in [1.54, 1.807) is 6.07 Å². The van der Waals surface area contributed by atoms with Gasteiger partial charge in [-0.3, -0.25) is 13.8 Å². The SMILES string of the molecule is CCN(CC)P1N(CC)P(N(CC)CC)N1c1ccc(F)cc1F. The summed E-state index contributed by atoms with van der Waals surface area (Å²) in [5.41, 5.74) is 0.525. The van der Waals surface area contributed by atoms with E-state index in [9.17, 15) is 8.78 Å². The second-order valence-electron chi connectivity index (χ2n) is 5.39. The third-order valence-electron chi connectivity index (χ3n) is 4.13. The van der Waals surface area contributed by atoms with Crippen LogP contribution in [0.15, 0.2) is 18.2 Å². The van der Waals surface area contributed by atoms with E-state index in [2.05, 4.69) is 52.8 Å². The third-order valence-corrected chi connectivity index (χ3v) is 10.7. The topological polar surface area (TPSA) is 13.0 Å². The van der Waals surface area contributed by atoms with E-state index >= 15 is 0 Å². The van der Waals surface area contributed by atoms with Crippen LogP contribution in [-0.4, -0.2) is 46.5 Å². The maximum absolute atomic E-state index is 14.5. The number of benzene rings is 1. The Bertz CT molecular complexity index is 521. The molecule has 2 atom stereocenters. The van der Waals surface area contributed by atoms with E-state index in [0.717, 1.165) is 38.8 Å². The van der Waals surface area contributed by atoms with Gasteiger partial charge in [0.25, 0.3) is 0 Å². The van der Waals surface area contributed by atoms with Crippen molar-refractivity contribution in [2.75, 3.05) is 37.2 Å². The second kappa shape index (κ2) is 8.82. The lowest BCUT2D eigenvalue weighted by Gasteiger charge is -2.61. The summed E-state index contributed by atoms with van der Waals surface area (Å²) in [5, 5.41) is 0. The highest BCUT2D eigenvalue weighted by molar-refractivity contribution is 7.86. The summed E-state index contributed by atoms with van der Waals surface area (Å²) in [6, 6.07) is 3.95. The van der Waals surface area contributed by atoms with Gasteiger partial charge in [0.2, 0.25) is 0 Å². The molecular formula is C16H28F2N4P2. The molecule has 1 aromatic carbocycles. The highest BCUT2D eigenvalue weighted by Crippen LogP contribution is 2.79. The molecule has 1 aliphatic rings. The predicted octanol–water partition coefficient (Wildman–Crippen LogP) is 5.24. The maximum Gasteiger partial charge on any atom is 0.161 e. The van der Waals surface area contributed by atoms with E-state index in [-0.39, 0.29) is 0 Å². The van der Waals surface area contributed by atoms with Crippen molar-refractivity contribution in [2.24, 2.45) is 0 Å². The zero-order valence-corrected chi connectivity index (χ0v) is 17.0. The minimum Gasteiger partial charge on any atom is -0.275 e. The lowest BCUT2D eigenvalue weighted by atomic mass is 10.3. The van der Waals surface area contributed by atoms with Crippen LogP contribution in [0.25, 0.3) is 0 Å². The van der Waals surface area contributed by atoms with Gasteiger partial charge < -0.3 is 0 Å². The number of hydrogen-bond donors (Lipinski definition) is 0. The molecule has 1 aliphatic heterocycles. The average molecular weight is 376 g/mol. The van der Waals surface area contributed by atoms with Crippen molar-refractivity contribution >= 4 is 22.4 Å². The van der Waals surface area contributed by atoms with Crippen LogP contribution in [0.1, 0.15) is 34.6 Å². The van der Waals surface area contributed by atoms with Gasteiger partial charge in [0.05, 0.1) is 5.69 Å². The van der Waals surface area contributed by atoms with Crippen LogP contribution in [0.2, 0.25) is 0 Å². The first-order valence-corrected chi connectivity index (χ1v) is 11.1. The van der Waals surface area contributed by atoms with Crippen molar-refractivity contribution in [1.29, 1.82) is 0 Å². The fourth-order valence-electron chi connectivity index (χ4n) is 2.88. The van der Waals surface area contributed by atoms with E-state index < -0.39 is 28.4 Å². The lowest BCUT2D eigenvalue weighted by Crippen LogP contribution is -2.49. The number of nitrogens with zero attached hydrogens (tertiary/aromatic N) is 4. The largest absolute Gasteiger partial charge is 0.275 e. The van der Waals surface area contributed by atoms with E-state index in [4.69, 9.17) is 0 Å². The van der Waals surface area contributed by atoms with Crippen LogP contribution in [0.5, 0.6) is 0 Å². The summed E-state index contributed by atoms with van der Waals surface area (Å²) in [4.78, 5) is 0. The van der Waals surface area contributed by atoms with Crippen molar-refractivity contribution in [3.8, 4) is 0 Å². The van der Waals surface area contributed by atoms with Crippen LogP contribution in [0, 0.1) is 11.6 Å². The molecule has 1 fully saturated rings. The van der Waals surface area contributed by atoms with Gasteiger partial charge in [-0.15, -0.1) is 0 Å². The van der Waals surface area contributed by atoms with E-state index in [0.29, 0.717) is 5.69 Å². The standard InChI is InChI=1S/C16H28F2N4P2/c1-6-19(7-2)23-21(10-5)24(20(8-3)9-4)22(23)16-12-11-14(17)13-15(16)18/h11-13H,6-10H2,1-5H3. The molecule has 0 saturated carbocycles. The van der Waals surface area contributed by atoms with Crippen LogP contribution in [0.3, 0.4) is 0 Å². The molecule has 0 amide bonds. The predicted molar refractivity (Wildman–Crippen MR) is 101 cm³/mol. The molecule has 1 heterocycles. The minimum atomic E-state index is -0.749. The Morgan fingerprint density at radius 3 is 1.75 bits per heavy atom. The molecule has 0 spiro atoms. The van der Waals surface area contributed by atoms with Crippen LogP contribution in [-0.2, 0) is 0 Å². The zero-order valence-electron chi connectivity index (χ0n) is 15.2. The molecule has 0 radical (unpaired) electrons. The first-order valence-electron chi connectivity index (χ1n) is 8.66. The van der Waals surface area contributed by atoms with Gasteiger partial charge in [-0.2, -0.15) is 4.44 Å². The highest BCUT2D eigenvalue weighted by Gasteiger charge is 2.52. The second-order valence-corrected chi connectivity index (χ2v) is 9.99. The molecular weight excluding hydrogens is 348 g/mol. The fourth-order valence-corrected chi connectivity index (χ4v) is 9.61.